The summed E-state index contributed by atoms with van der Waals surface area (Å²) in [5.74, 6) is 0.257. The Hall–Kier alpha value is -2.66. The van der Waals surface area contributed by atoms with Crippen molar-refractivity contribution in [3.05, 3.63) is 54.6 Å². The first-order valence-corrected chi connectivity index (χ1v) is 8.14. The highest BCUT2D eigenvalue weighted by Gasteiger charge is 2.21. The van der Waals surface area contributed by atoms with E-state index in [0.29, 0.717) is 18.0 Å². The van der Waals surface area contributed by atoms with Gasteiger partial charge in [-0.15, -0.1) is 0 Å². The van der Waals surface area contributed by atoms with E-state index in [0.717, 1.165) is 35.8 Å². The number of hydrogen-bond acceptors (Lipinski definition) is 4. The number of rotatable bonds is 4. The monoisotopic (exact) mass is 322 g/mol. The molecule has 0 bridgehead atoms. The van der Waals surface area contributed by atoms with Gasteiger partial charge in [0.05, 0.1) is 6.10 Å². The first kappa shape index (κ1) is 14.9. The van der Waals surface area contributed by atoms with Gasteiger partial charge in [0, 0.05) is 18.7 Å². The normalized spacial score (nSPS) is 17.2. The quantitative estimate of drug-likeness (QED) is 0.799. The molecule has 2 aromatic carbocycles. The molecule has 1 aliphatic rings. The van der Waals surface area contributed by atoms with E-state index < -0.39 is 0 Å². The lowest BCUT2D eigenvalue weighted by atomic mass is 10.0. The number of hydrogen-bond donors (Lipinski definition) is 1. The van der Waals surface area contributed by atoms with E-state index in [2.05, 4.69) is 16.4 Å². The molecule has 0 radical (unpaired) electrons. The van der Waals surface area contributed by atoms with E-state index in [9.17, 15) is 4.79 Å². The highest BCUT2D eigenvalue weighted by Crippen LogP contribution is 2.27. The molecule has 4 rings (SSSR count). The van der Waals surface area contributed by atoms with Gasteiger partial charge in [0.15, 0.2) is 17.8 Å². The van der Waals surface area contributed by atoms with Crippen LogP contribution in [0.5, 0.6) is 0 Å². The molecule has 2 heterocycles. The van der Waals surface area contributed by atoms with Crippen molar-refractivity contribution < 1.29 is 13.9 Å². The summed E-state index contributed by atoms with van der Waals surface area (Å²) in [4.78, 5) is 16.5. The Morgan fingerprint density at radius 2 is 2.08 bits per heavy atom. The number of aromatic nitrogens is 1. The van der Waals surface area contributed by atoms with Crippen LogP contribution in [-0.2, 0) is 4.74 Å². The predicted molar refractivity (Wildman–Crippen MR) is 90.8 cm³/mol. The molecule has 1 saturated heterocycles. The van der Waals surface area contributed by atoms with Crippen LogP contribution in [0.1, 0.15) is 23.3 Å². The summed E-state index contributed by atoms with van der Waals surface area (Å²) in [5.41, 5.74) is 1.15. The second kappa shape index (κ2) is 6.45. The van der Waals surface area contributed by atoms with Crippen molar-refractivity contribution in [3.8, 4) is 11.3 Å². The fourth-order valence-corrected chi connectivity index (χ4v) is 3.04. The van der Waals surface area contributed by atoms with Crippen LogP contribution >= 0.6 is 0 Å². The maximum Gasteiger partial charge on any atom is 0.274 e. The number of carbonyl (C=O) groups excluding carboxylic acids is 1. The molecule has 5 nitrogen and oxygen atoms in total. The number of oxazole rings is 1. The molecule has 5 heteroatoms. The number of amides is 1. The van der Waals surface area contributed by atoms with Crippen molar-refractivity contribution in [2.24, 2.45) is 0 Å². The van der Waals surface area contributed by atoms with Crippen LogP contribution in [0.15, 0.2) is 53.3 Å². The predicted octanol–water partition coefficient (Wildman–Crippen LogP) is 3.40. The summed E-state index contributed by atoms with van der Waals surface area (Å²) in [6, 6.07) is 14.0. The number of nitrogens with one attached hydrogen (secondary N) is 1. The summed E-state index contributed by atoms with van der Waals surface area (Å²) in [7, 11) is 0. The minimum absolute atomic E-state index is 0.102. The van der Waals surface area contributed by atoms with Gasteiger partial charge in [0.1, 0.15) is 0 Å². The second-order valence-corrected chi connectivity index (χ2v) is 5.94. The third-order valence-corrected chi connectivity index (χ3v) is 4.31. The molecule has 24 heavy (non-hydrogen) atoms. The Morgan fingerprint density at radius 1 is 1.21 bits per heavy atom. The van der Waals surface area contributed by atoms with Gasteiger partial charge in [-0.2, -0.15) is 0 Å². The van der Waals surface area contributed by atoms with Gasteiger partial charge in [0.25, 0.3) is 5.91 Å². The Kier molecular flexibility index (Phi) is 4.01. The Labute approximate surface area is 139 Å². The average Bonchev–Trinajstić information content (AvgIpc) is 3.31. The van der Waals surface area contributed by atoms with Crippen LogP contribution in [0, 0.1) is 0 Å². The Morgan fingerprint density at radius 3 is 2.92 bits per heavy atom. The standard InChI is InChI=1S/C19H18N2O3/c22-19(20-11-16-6-3-9-23-16)17-18(24-12-21-17)15-8-7-13-4-1-2-5-14(13)10-15/h1-2,4-5,7-8,10,12,16H,3,6,9,11H2,(H,20,22). The van der Waals surface area contributed by atoms with E-state index in [1.165, 1.54) is 6.39 Å². The van der Waals surface area contributed by atoms with Crippen LogP contribution in [-0.4, -0.2) is 30.1 Å². The van der Waals surface area contributed by atoms with Gasteiger partial charge in [-0.25, -0.2) is 4.98 Å². The zero-order chi connectivity index (χ0) is 16.4. The van der Waals surface area contributed by atoms with Gasteiger partial charge >= 0.3 is 0 Å². The largest absolute Gasteiger partial charge is 0.443 e. The maximum absolute atomic E-state index is 12.4. The van der Waals surface area contributed by atoms with Crippen LogP contribution in [0.25, 0.3) is 22.1 Å². The van der Waals surface area contributed by atoms with Crippen LogP contribution in [0.4, 0.5) is 0 Å². The third kappa shape index (κ3) is 2.90. The van der Waals surface area contributed by atoms with E-state index in [4.69, 9.17) is 9.15 Å². The second-order valence-electron chi connectivity index (χ2n) is 5.94. The van der Waals surface area contributed by atoms with Crippen molar-refractivity contribution >= 4 is 16.7 Å². The first-order valence-electron chi connectivity index (χ1n) is 8.14. The molecule has 1 aliphatic heterocycles. The van der Waals surface area contributed by atoms with E-state index in [-0.39, 0.29) is 12.0 Å². The first-order chi connectivity index (χ1) is 11.8. The van der Waals surface area contributed by atoms with E-state index in [1.54, 1.807) is 0 Å². The lowest BCUT2D eigenvalue weighted by Crippen LogP contribution is -2.32. The van der Waals surface area contributed by atoms with Crippen LogP contribution < -0.4 is 5.32 Å². The van der Waals surface area contributed by atoms with Gasteiger partial charge in [-0.1, -0.05) is 36.4 Å². The van der Waals surface area contributed by atoms with Gasteiger partial charge in [-0.3, -0.25) is 4.79 Å². The minimum Gasteiger partial charge on any atom is -0.443 e. The number of benzene rings is 2. The molecule has 1 unspecified atom stereocenters. The van der Waals surface area contributed by atoms with Gasteiger partial charge in [0.2, 0.25) is 0 Å². The molecule has 1 fully saturated rings. The van der Waals surface area contributed by atoms with E-state index in [1.807, 2.05) is 36.4 Å². The molecule has 0 saturated carbocycles. The summed E-state index contributed by atoms with van der Waals surface area (Å²) >= 11 is 0. The molecular formula is C19H18N2O3. The molecule has 1 N–H and O–H groups in total. The summed E-state index contributed by atoms with van der Waals surface area (Å²) in [6.45, 7) is 1.27. The van der Waals surface area contributed by atoms with Crippen molar-refractivity contribution in [1.29, 1.82) is 0 Å². The molecule has 3 aromatic rings. The van der Waals surface area contributed by atoms with E-state index >= 15 is 0 Å². The lowest BCUT2D eigenvalue weighted by molar-refractivity contribution is 0.0854. The molecule has 0 aliphatic carbocycles. The number of fused-ring (bicyclic) bond motifs is 1. The highest BCUT2D eigenvalue weighted by atomic mass is 16.5. The highest BCUT2D eigenvalue weighted by molar-refractivity contribution is 5.98. The number of nitrogens with zero attached hydrogens (tertiary/aromatic N) is 1. The van der Waals surface area contributed by atoms with Crippen molar-refractivity contribution in [2.75, 3.05) is 13.2 Å². The molecule has 122 valence electrons. The molecule has 1 aromatic heterocycles. The van der Waals surface area contributed by atoms with Gasteiger partial charge < -0.3 is 14.5 Å². The lowest BCUT2D eigenvalue weighted by Gasteiger charge is -2.10. The van der Waals surface area contributed by atoms with Gasteiger partial charge in [-0.05, 0) is 29.7 Å². The smallest absolute Gasteiger partial charge is 0.274 e. The van der Waals surface area contributed by atoms with Crippen LogP contribution in [0.3, 0.4) is 0 Å². The molecule has 0 spiro atoms. The zero-order valence-corrected chi connectivity index (χ0v) is 13.2. The molecule has 1 atom stereocenters. The Balaban J connectivity index is 1.57. The topological polar surface area (TPSA) is 64.4 Å². The summed E-state index contributed by atoms with van der Waals surface area (Å²) in [5, 5.41) is 5.13. The Bertz CT molecular complexity index is 866. The van der Waals surface area contributed by atoms with Crippen LogP contribution in [0.2, 0.25) is 0 Å². The fraction of sp³-hybridized carbons (Fsp3) is 0.263. The minimum atomic E-state index is -0.234. The number of carbonyl (C=O) groups is 1. The average molecular weight is 322 g/mol. The fourth-order valence-electron chi connectivity index (χ4n) is 3.04. The molecule has 1 amide bonds. The van der Waals surface area contributed by atoms with Crippen molar-refractivity contribution in [3.63, 3.8) is 0 Å². The summed E-state index contributed by atoms with van der Waals surface area (Å²) < 4.78 is 11.0. The SMILES string of the molecule is O=C(NCC1CCCO1)c1ncoc1-c1ccc2ccccc2c1. The maximum atomic E-state index is 12.4. The van der Waals surface area contributed by atoms with Crippen molar-refractivity contribution in [1.82, 2.24) is 10.3 Å². The van der Waals surface area contributed by atoms with Crippen molar-refractivity contribution in [2.45, 2.75) is 18.9 Å². The third-order valence-electron chi connectivity index (χ3n) is 4.31. The molecular weight excluding hydrogens is 304 g/mol. The number of ether oxygens (including phenoxy) is 1. The zero-order valence-electron chi connectivity index (χ0n) is 13.2. The summed E-state index contributed by atoms with van der Waals surface area (Å²) in [6.07, 6.45) is 3.44.